The van der Waals surface area contributed by atoms with Gasteiger partial charge in [-0.15, -0.1) is 0 Å². The Hall–Kier alpha value is -2.82. The second kappa shape index (κ2) is 6.00. The van der Waals surface area contributed by atoms with Gasteiger partial charge in [-0.3, -0.25) is 4.98 Å². The summed E-state index contributed by atoms with van der Waals surface area (Å²) in [5, 5.41) is 1.17. The SMILES string of the molecule is CCOC(=O)N1CCc2[nH]c3ccc(-c4cccnc4)cc3c2C1. The molecule has 0 saturated carbocycles. The topological polar surface area (TPSA) is 58.2 Å². The smallest absolute Gasteiger partial charge is 0.410 e. The Morgan fingerprint density at radius 3 is 3.04 bits per heavy atom. The Labute approximate surface area is 140 Å². The van der Waals surface area contributed by atoms with Crippen molar-refractivity contribution in [2.45, 2.75) is 19.9 Å². The van der Waals surface area contributed by atoms with Gasteiger partial charge in [0, 0.05) is 53.1 Å². The summed E-state index contributed by atoms with van der Waals surface area (Å²) in [7, 11) is 0. The summed E-state index contributed by atoms with van der Waals surface area (Å²) in [5.74, 6) is 0. The number of aromatic nitrogens is 2. The number of rotatable bonds is 2. The number of carbonyl (C=O) groups is 1. The van der Waals surface area contributed by atoms with Crippen LogP contribution in [-0.4, -0.2) is 34.1 Å². The number of hydrogen-bond donors (Lipinski definition) is 1. The minimum Gasteiger partial charge on any atom is -0.450 e. The number of carbonyl (C=O) groups excluding carboxylic acids is 1. The van der Waals surface area contributed by atoms with Crippen molar-refractivity contribution in [1.29, 1.82) is 0 Å². The van der Waals surface area contributed by atoms with Crippen molar-refractivity contribution in [1.82, 2.24) is 14.9 Å². The molecule has 3 aromatic rings. The van der Waals surface area contributed by atoms with Crippen LogP contribution in [0.5, 0.6) is 0 Å². The van der Waals surface area contributed by atoms with Crippen LogP contribution in [0.3, 0.4) is 0 Å². The molecule has 0 unspecified atom stereocenters. The lowest BCUT2D eigenvalue weighted by molar-refractivity contribution is 0.103. The highest BCUT2D eigenvalue weighted by molar-refractivity contribution is 5.89. The van der Waals surface area contributed by atoms with Gasteiger partial charge in [0.2, 0.25) is 0 Å². The summed E-state index contributed by atoms with van der Waals surface area (Å²) in [6.45, 7) is 3.51. The second-order valence-corrected chi connectivity index (χ2v) is 5.95. The Bertz CT molecular complexity index is 886. The van der Waals surface area contributed by atoms with E-state index in [1.165, 1.54) is 16.6 Å². The highest BCUT2D eigenvalue weighted by atomic mass is 16.6. The van der Waals surface area contributed by atoms with Crippen molar-refractivity contribution in [3.05, 3.63) is 54.0 Å². The molecule has 0 spiro atoms. The molecule has 5 heteroatoms. The van der Waals surface area contributed by atoms with Gasteiger partial charge in [0.1, 0.15) is 0 Å². The molecule has 0 fully saturated rings. The first-order valence-electron chi connectivity index (χ1n) is 8.22. The number of hydrogen-bond acceptors (Lipinski definition) is 3. The van der Waals surface area contributed by atoms with Gasteiger partial charge in [0.15, 0.2) is 0 Å². The third kappa shape index (κ3) is 2.52. The number of benzene rings is 1. The molecule has 1 N–H and O–H groups in total. The van der Waals surface area contributed by atoms with Crippen LogP contribution in [0.25, 0.3) is 22.0 Å². The van der Waals surface area contributed by atoms with Crippen molar-refractivity contribution < 1.29 is 9.53 Å². The first-order chi connectivity index (χ1) is 11.8. The zero-order valence-corrected chi connectivity index (χ0v) is 13.6. The molecule has 24 heavy (non-hydrogen) atoms. The first kappa shape index (κ1) is 14.8. The first-order valence-corrected chi connectivity index (χ1v) is 8.22. The number of aromatic amines is 1. The van der Waals surface area contributed by atoms with Crippen molar-refractivity contribution in [3.8, 4) is 11.1 Å². The fourth-order valence-corrected chi connectivity index (χ4v) is 3.30. The van der Waals surface area contributed by atoms with Crippen LogP contribution in [0.4, 0.5) is 4.79 Å². The molecule has 0 atom stereocenters. The van der Waals surface area contributed by atoms with Gasteiger partial charge in [0.05, 0.1) is 13.2 Å². The highest BCUT2D eigenvalue weighted by Gasteiger charge is 2.24. The Kier molecular flexibility index (Phi) is 3.69. The van der Waals surface area contributed by atoms with Gasteiger partial charge >= 0.3 is 6.09 Å². The van der Waals surface area contributed by atoms with Crippen LogP contribution in [0.2, 0.25) is 0 Å². The summed E-state index contributed by atoms with van der Waals surface area (Å²) in [6.07, 6.45) is 4.23. The lowest BCUT2D eigenvalue weighted by atomic mass is 10.0. The van der Waals surface area contributed by atoms with E-state index in [0.29, 0.717) is 19.7 Å². The molecule has 2 aromatic heterocycles. The van der Waals surface area contributed by atoms with Gasteiger partial charge in [-0.2, -0.15) is 0 Å². The van der Waals surface area contributed by atoms with E-state index >= 15 is 0 Å². The summed E-state index contributed by atoms with van der Waals surface area (Å²) >= 11 is 0. The van der Waals surface area contributed by atoms with Crippen LogP contribution in [-0.2, 0) is 17.7 Å². The van der Waals surface area contributed by atoms with Crippen LogP contribution >= 0.6 is 0 Å². The molecule has 0 radical (unpaired) electrons. The predicted octanol–water partition coefficient (Wildman–Crippen LogP) is 3.74. The number of nitrogens with zero attached hydrogens (tertiary/aromatic N) is 2. The molecular formula is C19H19N3O2. The Morgan fingerprint density at radius 1 is 1.33 bits per heavy atom. The fourth-order valence-electron chi connectivity index (χ4n) is 3.30. The molecule has 4 rings (SSSR count). The maximum absolute atomic E-state index is 12.0. The van der Waals surface area contributed by atoms with E-state index in [0.717, 1.165) is 23.1 Å². The molecule has 1 aromatic carbocycles. The van der Waals surface area contributed by atoms with E-state index in [-0.39, 0.29) is 6.09 Å². The zero-order valence-electron chi connectivity index (χ0n) is 13.6. The summed E-state index contributed by atoms with van der Waals surface area (Å²) in [4.78, 5) is 21.5. The van der Waals surface area contributed by atoms with E-state index in [4.69, 9.17) is 4.74 Å². The molecule has 1 amide bonds. The fraction of sp³-hybridized carbons (Fsp3) is 0.263. The van der Waals surface area contributed by atoms with E-state index < -0.39 is 0 Å². The normalized spacial score (nSPS) is 13.8. The second-order valence-electron chi connectivity index (χ2n) is 5.95. The van der Waals surface area contributed by atoms with Crippen LogP contribution in [0.1, 0.15) is 18.2 Å². The van der Waals surface area contributed by atoms with E-state index in [1.807, 2.05) is 19.2 Å². The maximum atomic E-state index is 12.0. The molecule has 1 aliphatic rings. The summed E-state index contributed by atoms with van der Waals surface area (Å²) in [6, 6.07) is 10.4. The zero-order chi connectivity index (χ0) is 16.5. The summed E-state index contributed by atoms with van der Waals surface area (Å²) in [5.41, 5.74) is 5.74. The van der Waals surface area contributed by atoms with Gasteiger partial charge in [-0.25, -0.2) is 4.79 Å². The molecule has 1 aliphatic heterocycles. The largest absolute Gasteiger partial charge is 0.450 e. The number of pyridine rings is 1. The number of nitrogens with one attached hydrogen (secondary N) is 1. The number of H-pyrrole nitrogens is 1. The van der Waals surface area contributed by atoms with Crippen molar-refractivity contribution in [3.63, 3.8) is 0 Å². The monoisotopic (exact) mass is 321 g/mol. The van der Waals surface area contributed by atoms with Gasteiger partial charge in [0.25, 0.3) is 0 Å². The molecule has 0 bridgehead atoms. The van der Waals surface area contributed by atoms with Gasteiger partial charge in [-0.05, 0) is 30.7 Å². The number of amides is 1. The number of fused-ring (bicyclic) bond motifs is 3. The van der Waals surface area contributed by atoms with Crippen LogP contribution in [0.15, 0.2) is 42.7 Å². The van der Waals surface area contributed by atoms with Gasteiger partial charge < -0.3 is 14.6 Å². The predicted molar refractivity (Wildman–Crippen MR) is 92.7 cm³/mol. The molecule has 0 saturated heterocycles. The Morgan fingerprint density at radius 2 is 2.25 bits per heavy atom. The van der Waals surface area contributed by atoms with Crippen molar-refractivity contribution >= 4 is 17.0 Å². The number of ether oxygens (including phenoxy) is 1. The molecule has 0 aliphatic carbocycles. The van der Waals surface area contributed by atoms with E-state index in [9.17, 15) is 4.79 Å². The van der Waals surface area contributed by atoms with E-state index in [1.54, 1.807) is 11.1 Å². The van der Waals surface area contributed by atoms with Crippen molar-refractivity contribution in [2.75, 3.05) is 13.2 Å². The average Bonchev–Trinajstić information content (AvgIpc) is 2.99. The molecular weight excluding hydrogens is 302 g/mol. The van der Waals surface area contributed by atoms with Gasteiger partial charge in [-0.1, -0.05) is 12.1 Å². The van der Waals surface area contributed by atoms with E-state index in [2.05, 4.69) is 34.2 Å². The maximum Gasteiger partial charge on any atom is 0.410 e. The highest BCUT2D eigenvalue weighted by Crippen LogP contribution is 2.31. The van der Waals surface area contributed by atoms with Crippen molar-refractivity contribution in [2.24, 2.45) is 0 Å². The van der Waals surface area contributed by atoms with Crippen LogP contribution in [0, 0.1) is 0 Å². The summed E-state index contributed by atoms with van der Waals surface area (Å²) < 4.78 is 5.15. The lowest BCUT2D eigenvalue weighted by Crippen LogP contribution is -2.36. The minimum absolute atomic E-state index is 0.235. The molecule has 122 valence electrons. The third-order valence-corrected chi connectivity index (χ3v) is 4.50. The minimum atomic E-state index is -0.235. The Balaban J connectivity index is 1.73. The third-order valence-electron chi connectivity index (χ3n) is 4.50. The standard InChI is InChI=1S/C19H19N3O2/c1-2-24-19(23)22-9-7-18-16(12-22)15-10-13(5-6-17(15)21-18)14-4-3-8-20-11-14/h3-6,8,10-11,21H,2,7,9,12H2,1H3. The molecule has 5 nitrogen and oxygen atoms in total. The molecule has 3 heterocycles. The lowest BCUT2D eigenvalue weighted by Gasteiger charge is -2.26. The van der Waals surface area contributed by atoms with Crippen LogP contribution < -0.4 is 0 Å². The quantitative estimate of drug-likeness (QED) is 0.782. The average molecular weight is 321 g/mol.